The molecule has 4 aromatic rings. The third kappa shape index (κ3) is 5.78. The fourth-order valence-electron chi connectivity index (χ4n) is 4.00. The number of nitrogens with zero attached hydrogens (tertiary/aromatic N) is 3. The summed E-state index contributed by atoms with van der Waals surface area (Å²) in [7, 11) is 1.60. The van der Waals surface area contributed by atoms with Gasteiger partial charge in [0.2, 0.25) is 5.88 Å². The summed E-state index contributed by atoms with van der Waals surface area (Å²) in [4.78, 5) is 21.2. The highest BCUT2D eigenvalue weighted by Crippen LogP contribution is 2.37. The van der Waals surface area contributed by atoms with Crippen LogP contribution in [0.25, 0.3) is 10.9 Å². The van der Waals surface area contributed by atoms with E-state index >= 15 is 0 Å². The van der Waals surface area contributed by atoms with Crippen molar-refractivity contribution in [3.63, 3.8) is 0 Å². The van der Waals surface area contributed by atoms with Gasteiger partial charge in [-0.15, -0.1) is 0 Å². The molecule has 2 aromatic heterocycles. The fourth-order valence-corrected chi connectivity index (χ4v) is 4.00. The number of fused-ring (bicyclic) bond motifs is 1. The number of carbonyl (C=O) groups excluding carboxylic acids is 1. The van der Waals surface area contributed by atoms with Gasteiger partial charge < -0.3 is 29.4 Å². The summed E-state index contributed by atoms with van der Waals surface area (Å²) in [5.74, 6) is 3.03. The molecule has 1 aliphatic rings. The van der Waals surface area contributed by atoms with Crippen molar-refractivity contribution in [2.24, 2.45) is 0 Å². The van der Waals surface area contributed by atoms with E-state index in [4.69, 9.17) is 18.7 Å². The Morgan fingerprint density at radius 1 is 1.11 bits per heavy atom. The molecule has 0 aliphatic carbocycles. The average Bonchev–Trinajstić information content (AvgIpc) is 3.56. The molecule has 1 saturated heterocycles. The maximum Gasteiger partial charge on any atom is 0.324 e. The van der Waals surface area contributed by atoms with Gasteiger partial charge in [-0.25, -0.2) is 14.8 Å². The quantitative estimate of drug-likeness (QED) is 0.305. The van der Waals surface area contributed by atoms with Gasteiger partial charge in [-0.1, -0.05) is 32.0 Å². The highest BCUT2D eigenvalue weighted by Gasteiger charge is 2.21. The Morgan fingerprint density at radius 2 is 1.97 bits per heavy atom. The predicted octanol–water partition coefficient (Wildman–Crippen LogP) is 5.10. The van der Waals surface area contributed by atoms with Gasteiger partial charge in [0.1, 0.15) is 23.9 Å². The van der Waals surface area contributed by atoms with Crippen molar-refractivity contribution in [1.29, 1.82) is 0 Å². The van der Waals surface area contributed by atoms with E-state index in [-0.39, 0.29) is 11.5 Å². The molecule has 2 amide bonds. The number of hydrogen-bond acceptors (Lipinski definition) is 9. The molecule has 1 fully saturated rings. The Morgan fingerprint density at radius 3 is 2.71 bits per heavy atom. The normalized spacial score (nSPS) is 15.3. The number of benzene rings is 2. The van der Waals surface area contributed by atoms with E-state index in [2.05, 4.69) is 31.1 Å². The number of carbonyl (C=O) groups is 1. The summed E-state index contributed by atoms with van der Waals surface area (Å²) >= 11 is 0. The standard InChI is InChI=1S/C27H30N6O5/c1-27(2,3)23-13-24(33-38-23)32-26(34)31-16-6-5-7-17(10-16)37-25-19-11-22(36-18-8-9-28-14-18)21(35-4)12-20(19)29-15-30-25/h5-7,10-13,15,18,28H,8-9,14H2,1-4H3,(H2,31,32,33,34). The highest BCUT2D eigenvalue weighted by molar-refractivity contribution is 5.99. The van der Waals surface area contributed by atoms with Gasteiger partial charge in [-0.05, 0) is 31.2 Å². The Hall–Kier alpha value is -4.38. The molecule has 1 unspecified atom stereocenters. The number of aromatic nitrogens is 3. The molecule has 198 valence electrons. The Bertz CT molecular complexity index is 1440. The zero-order valence-electron chi connectivity index (χ0n) is 21.7. The summed E-state index contributed by atoms with van der Waals surface area (Å²) in [5, 5.41) is 13.3. The Kier molecular flexibility index (Phi) is 7.01. The molecule has 2 aromatic carbocycles. The molecule has 38 heavy (non-hydrogen) atoms. The van der Waals surface area contributed by atoms with Crippen LogP contribution >= 0.6 is 0 Å². The first-order valence-electron chi connectivity index (χ1n) is 12.3. The van der Waals surface area contributed by atoms with E-state index < -0.39 is 6.03 Å². The van der Waals surface area contributed by atoms with Crippen LogP contribution in [0.3, 0.4) is 0 Å². The molecule has 0 bridgehead atoms. The molecule has 11 nitrogen and oxygen atoms in total. The van der Waals surface area contributed by atoms with E-state index in [0.717, 1.165) is 19.5 Å². The SMILES string of the molecule is COc1cc2ncnc(Oc3cccc(NC(=O)Nc4cc(C(C)(C)C)on4)c3)c2cc1OC1CCNC1. The van der Waals surface area contributed by atoms with E-state index in [9.17, 15) is 4.79 Å². The number of anilines is 2. The summed E-state index contributed by atoms with van der Waals surface area (Å²) < 4.78 is 23.1. The molecule has 3 N–H and O–H groups in total. The summed E-state index contributed by atoms with van der Waals surface area (Å²) in [5.41, 5.74) is 0.961. The highest BCUT2D eigenvalue weighted by atomic mass is 16.5. The minimum absolute atomic E-state index is 0.0570. The fraction of sp³-hybridized carbons (Fsp3) is 0.333. The van der Waals surface area contributed by atoms with Crippen molar-refractivity contribution in [2.45, 2.75) is 38.7 Å². The summed E-state index contributed by atoms with van der Waals surface area (Å²) in [6.45, 7) is 7.69. The summed E-state index contributed by atoms with van der Waals surface area (Å²) in [6.07, 6.45) is 2.40. The molecule has 0 spiro atoms. The zero-order chi connectivity index (χ0) is 26.7. The number of ether oxygens (including phenoxy) is 3. The lowest BCUT2D eigenvalue weighted by atomic mass is 9.93. The first-order valence-corrected chi connectivity index (χ1v) is 12.3. The Labute approximate surface area is 219 Å². The second-order valence-electron chi connectivity index (χ2n) is 9.97. The van der Waals surface area contributed by atoms with E-state index in [1.165, 1.54) is 6.33 Å². The molecule has 1 aliphatic heterocycles. The molecular weight excluding hydrogens is 488 g/mol. The first kappa shape index (κ1) is 25.3. The number of urea groups is 1. The summed E-state index contributed by atoms with van der Waals surface area (Å²) in [6, 6.07) is 11.9. The van der Waals surface area contributed by atoms with Crippen LogP contribution in [0.2, 0.25) is 0 Å². The van der Waals surface area contributed by atoms with Gasteiger partial charge >= 0.3 is 6.03 Å². The van der Waals surface area contributed by atoms with E-state index in [1.807, 2.05) is 26.8 Å². The van der Waals surface area contributed by atoms with Crippen molar-refractivity contribution in [3.05, 3.63) is 54.6 Å². The van der Waals surface area contributed by atoms with Crippen molar-refractivity contribution in [2.75, 3.05) is 30.8 Å². The lowest BCUT2D eigenvalue weighted by molar-refractivity contribution is 0.213. The number of methoxy groups -OCH3 is 1. The van der Waals surface area contributed by atoms with Gasteiger partial charge in [0, 0.05) is 35.8 Å². The largest absolute Gasteiger partial charge is 0.493 e. The van der Waals surface area contributed by atoms with Gasteiger partial charge in [0.15, 0.2) is 17.3 Å². The number of amides is 2. The molecule has 0 saturated carbocycles. The third-order valence-corrected chi connectivity index (χ3v) is 5.99. The van der Waals surface area contributed by atoms with Gasteiger partial charge in [-0.2, -0.15) is 0 Å². The molecule has 1 atom stereocenters. The molecule has 5 rings (SSSR count). The maximum absolute atomic E-state index is 12.5. The van der Waals surface area contributed by atoms with Crippen molar-refractivity contribution in [3.8, 4) is 23.1 Å². The van der Waals surface area contributed by atoms with Crippen molar-refractivity contribution in [1.82, 2.24) is 20.4 Å². The van der Waals surface area contributed by atoms with Crippen molar-refractivity contribution >= 4 is 28.4 Å². The van der Waals surface area contributed by atoms with Crippen LogP contribution < -0.4 is 30.2 Å². The third-order valence-electron chi connectivity index (χ3n) is 5.99. The number of nitrogens with one attached hydrogen (secondary N) is 3. The van der Waals surface area contributed by atoms with Crippen LogP contribution in [-0.2, 0) is 5.41 Å². The second-order valence-corrected chi connectivity index (χ2v) is 9.97. The molecule has 11 heteroatoms. The van der Waals surface area contributed by atoms with Gasteiger partial charge in [0.25, 0.3) is 0 Å². The number of rotatable bonds is 7. The lowest BCUT2D eigenvalue weighted by Gasteiger charge is -2.17. The van der Waals surface area contributed by atoms with Crippen LogP contribution in [0.1, 0.15) is 33.0 Å². The van der Waals surface area contributed by atoms with Crippen LogP contribution in [0.15, 0.2) is 53.3 Å². The topological polar surface area (TPSA) is 133 Å². The maximum atomic E-state index is 12.5. The minimum Gasteiger partial charge on any atom is -0.493 e. The lowest BCUT2D eigenvalue weighted by Crippen LogP contribution is -2.19. The molecule has 3 heterocycles. The van der Waals surface area contributed by atoms with Crippen LogP contribution in [0.4, 0.5) is 16.3 Å². The van der Waals surface area contributed by atoms with Crippen LogP contribution in [-0.4, -0.2) is 47.5 Å². The molecular formula is C27H30N6O5. The monoisotopic (exact) mass is 518 g/mol. The average molecular weight is 519 g/mol. The zero-order valence-corrected chi connectivity index (χ0v) is 21.7. The van der Waals surface area contributed by atoms with Gasteiger partial charge in [-0.3, -0.25) is 5.32 Å². The second kappa shape index (κ2) is 10.5. The minimum atomic E-state index is -0.460. The van der Waals surface area contributed by atoms with E-state index in [0.29, 0.717) is 51.3 Å². The molecule has 0 radical (unpaired) electrons. The van der Waals surface area contributed by atoms with Crippen LogP contribution in [0.5, 0.6) is 23.1 Å². The van der Waals surface area contributed by atoms with E-state index in [1.54, 1.807) is 43.5 Å². The Balaban J connectivity index is 1.32. The predicted molar refractivity (Wildman–Crippen MR) is 142 cm³/mol. The first-order chi connectivity index (χ1) is 18.3. The van der Waals surface area contributed by atoms with Crippen LogP contribution in [0, 0.1) is 0 Å². The number of hydrogen-bond donors (Lipinski definition) is 3. The smallest absolute Gasteiger partial charge is 0.324 e. The van der Waals surface area contributed by atoms with Crippen molar-refractivity contribution < 1.29 is 23.5 Å². The van der Waals surface area contributed by atoms with Gasteiger partial charge in [0.05, 0.1) is 18.0 Å².